The van der Waals surface area contributed by atoms with Crippen LogP contribution in [-0.4, -0.2) is 61.3 Å². The van der Waals surface area contributed by atoms with E-state index in [1.165, 1.54) is 0 Å². The molecule has 1 aliphatic rings. The molecule has 5 nitrogen and oxygen atoms in total. The molecule has 0 amide bonds. The van der Waals surface area contributed by atoms with Gasteiger partial charge in [-0.15, -0.1) is 0 Å². The van der Waals surface area contributed by atoms with Gasteiger partial charge in [0.2, 0.25) is 0 Å². The van der Waals surface area contributed by atoms with Gasteiger partial charge in [0.05, 0.1) is 13.2 Å². The number of hydrogen-bond donors (Lipinski definition) is 0. The van der Waals surface area contributed by atoms with E-state index in [2.05, 4.69) is 22.0 Å². The molecule has 1 aliphatic heterocycles. The van der Waals surface area contributed by atoms with Crippen LogP contribution in [0.4, 0.5) is 0 Å². The Kier molecular flexibility index (Phi) is 12.5. The summed E-state index contributed by atoms with van der Waals surface area (Å²) in [7, 11) is 2.17. The monoisotopic (exact) mass is 285 g/mol. The molecule has 1 aromatic rings. The maximum absolute atomic E-state index is 5.53. The van der Waals surface area contributed by atoms with Crippen molar-refractivity contribution in [2.24, 2.45) is 0 Å². The molecule has 0 aliphatic carbocycles. The summed E-state index contributed by atoms with van der Waals surface area (Å²) in [6.07, 6.45) is 1.57. The SMILES string of the molecule is CC.CC.CN1CCN(CCOCc2ccon2)CC1. The summed E-state index contributed by atoms with van der Waals surface area (Å²) in [4.78, 5) is 4.79. The van der Waals surface area contributed by atoms with Crippen LogP contribution < -0.4 is 0 Å². The van der Waals surface area contributed by atoms with Crippen molar-refractivity contribution >= 4 is 0 Å². The molecule has 5 heteroatoms. The number of rotatable bonds is 5. The van der Waals surface area contributed by atoms with Gasteiger partial charge >= 0.3 is 0 Å². The van der Waals surface area contributed by atoms with E-state index in [0.29, 0.717) is 6.61 Å². The molecule has 1 saturated heterocycles. The number of nitrogens with zero attached hydrogens (tertiary/aromatic N) is 3. The highest BCUT2D eigenvalue weighted by Gasteiger charge is 2.12. The fourth-order valence-corrected chi connectivity index (χ4v) is 1.75. The van der Waals surface area contributed by atoms with E-state index in [-0.39, 0.29) is 0 Å². The van der Waals surface area contributed by atoms with E-state index >= 15 is 0 Å². The maximum atomic E-state index is 5.53. The van der Waals surface area contributed by atoms with Gasteiger partial charge in [0.1, 0.15) is 12.0 Å². The van der Waals surface area contributed by atoms with Crippen molar-refractivity contribution in [2.45, 2.75) is 34.3 Å². The first kappa shape index (κ1) is 19.1. The van der Waals surface area contributed by atoms with Gasteiger partial charge in [-0.3, -0.25) is 4.90 Å². The number of piperazine rings is 1. The Morgan fingerprint density at radius 3 is 2.35 bits per heavy atom. The van der Waals surface area contributed by atoms with Crippen LogP contribution >= 0.6 is 0 Å². The smallest absolute Gasteiger partial charge is 0.124 e. The van der Waals surface area contributed by atoms with Crippen LogP contribution in [0.3, 0.4) is 0 Å². The zero-order valence-corrected chi connectivity index (χ0v) is 13.8. The Labute approximate surface area is 123 Å². The van der Waals surface area contributed by atoms with E-state index in [4.69, 9.17) is 9.26 Å². The average molecular weight is 285 g/mol. The van der Waals surface area contributed by atoms with E-state index in [1.54, 1.807) is 6.26 Å². The zero-order valence-electron chi connectivity index (χ0n) is 13.8. The lowest BCUT2D eigenvalue weighted by Gasteiger charge is -2.32. The van der Waals surface area contributed by atoms with Crippen LogP contribution in [0.1, 0.15) is 33.4 Å². The minimum atomic E-state index is 0.546. The summed E-state index contributed by atoms with van der Waals surface area (Å²) >= 11 is 0. The van der Waals surface area contributed by atoms with Crippen molar-refractivity contribution < 1.29 is 9.26 Å². The highest BCUT2D eigenvalue weighted by Crippen LogP contribution is 2.00. The molecule has 2 rings (SSSR count). The second-order valence-electron chi connectivity index (χ2n) is 4.19. The molecular formula is C15H31N3O2. The molecule has 2 heterocycles. The Morgan fingerprint density at radius 1 is 1.15 bits per heavy atom. The summed E-state index contributed by atoms with van der Waals surface area (Å²) in [5.41, 5.74) is 0.860. The maximum Gasteiger partial charge on any atom is 0.124 e. The summed E-state index contributed by atoms with van der Waals surface area (Å²) in [5, 5.41) is 3.79. The predicted molar refractivity (Wildman–Crippen MR) is 82.8 cm³/mol. The van der Waals surface area contributed by atoms with Crippen LogP contribution in [0.5, 0.6) is 0 Å². The van der Waals surface area contributed by atoms with Crippen LogP contribution in [-0.2, 0) is 11.3 Å². The molecule has 0 atom stereocenters. The molecule has 0 spiro atoms. The van der Waals surface area contributed by atoms with Gasteiger partial charge in [-0.1, -0.05) is 32.9 Å². The number of ether oxygens (including phenoxy) is 1. The second-order valence-corrected chi connectivity index (χ2v) is 4.19. The molecule has 0 radical (unpaired) electrons. The minimum Gasteiger partial charge on any atom is -0.374 e. The van der Waals surface area contributed by atoms with Crippen LogP contribution in [0.25, 0.3) is 0 Å². The van der Waals surface area contributed by atoms with Crippen molar-refractivity contribution in [3.63, 3.8) is 0 Å². The third-order valence-corrected chi connectivity index (χ3v) is 2.89. The Hall–Kier alpha value is -0.910. The topological polar surface area (TPSA) is 41.7 Å². The van der Waals surface area contributed by atoms with Crippen LogP contribution in [0.2, 0.25) is 0 Å². The van der Waals surface area contributed by atoms with Gasteiger partial charge in [-0.05, 0) is 7.05 Å². The molecule has 118 valence electrons. The molecule has 1 aromatic heterocycles. The Morgan fingerprint density at radius 2 is 1.80 bits per heavy atom. The highest BCUT2D eigenvalue weighted by atomic mass is 16.5. The van der Waals surface area contributed by atoms with Crippen molar-refractivity contribution in [3.05, 3.63) is 18.0 Å². The Bertz CT molecular complexity index is 283. The van der Waals surface area contributed by atoms with Crippen LogP contribution in [0.15, 0.2) is 16.9 Å². The first-order valence-electron chi connectivity index (χ1n) is 7.72. The first-order valence-corrected chi connectivity index (χ1v) is 7.72. The number of hydrogen-bond acceptors (Lipinski definition) is 5. The van der Waals surface area contributed by atoms with E-state index in [9.17, 15) is 0 Å². The molecule has 1 fully saturated rings. The summed E-state index contributed by atoms with van der Waals surface area (Å²) in [6.45, 7) is 14.9. The van der Waals surface area contributed by atoms with E-state index < -0.39 is 0 Å². The number of likely N-dealkylation sites (N-methyl/N-ethyl adjacent to an activating group) is 1. The largest absolute Gasteiger partial charge is 0.374 e. The third-order valence-electron chi connectivity index (χ3n) is 2.89. The standard InChI is InChI=1S/C11H19N3O2.2C2H6/c1-13-3-5-14(6-4-13)7-9-15-10-11-2-8-16-12-11;2*1-2/h2,8H,3-7,9-10H2,1H3;2*1-2H3. The van der Waals surface area contributed by atoms with Crippen molar-refractivity contribution in [1.82, 2.24) is 15.0 Å². The average Bonchev–Trinajstić information content (AvgIpc) is 3.03. The lowest BCUT2D eigenvalue weighted by atomic mass is 10.3. The zero-order chi connectivity index (χ0) is 15.2. The summed E-state index contributed by atoms with van der Waals surface area (Å²) in [6, 6.07) is 1.83. The quantitative estimate of drug-likeness (QED) is 0.778. The van der Waals surface area contributed by atoms with E-state index in [1.807, 2.05) is 33.8 Å². The predicted octanol–water partition coefficient (Wildman–Crippen LogP) is 2.49. The van der Waals surface area contributed by atoms with Gasteiger partial charge < -0.3 is 14.2 Å². The molecule has 0 unspecified atom stereocenters. The molecule has 20 heavy (non-hydrogen) atoms. The van der Waals surface area contributed by atoms with Gasteiger partial charge in [0.15, 0.2) is 0 Å². The van der Waals surface area contributed by atoms with Gasteiger partial charge in [-0.25, -0.2) is 0 Å². The van der Waals surface area contributed by atoms with Gasteiger partial charge in [0.25, 0.3) is 0 Å². The molecule has 0 aromatic carbocycles. The van der Waals surface area contributed by atoms with Crippen LogP contribution in [0, 0.1) is 0 Å². The molecular weight excluding hydrogens is 254 g/mol. The lowest BCUT2D eigenvalue weighted by Crippen LogP contribution is -2.45. The first-order chi connectivity index (χ1) is 9.84. The van der Waals surface area contributed by atoms with E-state index in [0.717, 1.165) is 45.0 Å². The minimum absolute atomic E-state index is 0.546. The molecule has 0 saturated carbocycles. The fraction of sp³-hybridized carbons (Fsp3) is 0.800. The summed E-state index contributed by atoms with van der Waals surface area (Å²) < 4.78 is 10.3. The Balaban J connectivity index is 0.000000829. The summed E-state index contributed by atoms with van der Waals surface area (Å²) in [5.74, 6) is 0. The highest BCUT2D eigenvalue weighted by molar-refractivity contribution is 4.92. The molecule has 0 bridgehead atoms. The van der Waals surface area contributed by atoms with Crippen molar-refractivity contribution in [1.29, 1.82) is 0 Å². The second kappa shape index (κ2) is 13.1. The van der Waals surface area contributed by atoms with Crippen molar-refractivity contribution in [3.8, 4) is 0 Å². The third kappa shape index (κ3) is 8.30. The normalized spacial score (nSPS) is 15.8. The van der Waals surface area contributed by atoms with Crippen molar-refractivity contribution in [2.75, 3.05) is 46.4 Å². The van der Waals surface area contributed by atoms with Gasteiger partial charge in [0, 0.05) is 38.8 Å². The molecule has 0 N–H and O–H groups in total. The number of aromatic nitrogens is 1. The lowest BCUT2D eigenvalue weighted by molar-refractivity contribution is 0.0713. The fourth-order valence-electron chi connectivity index (χ4n) is 1.75. The van der Waals surface area contributed by atoms with Gasteiger partial charge in [-0.2, -0.15) is 0 Å².